The van der Waals surface area contributed by atoms with E-state index in [0.29, 0.717) is 11.4 Å². The summed E-state index contributed by atoms with van der Waals surface area (Å²) in [5.41, 5.74) is 0.622. The van der Waals surface area contributed by atoms with Crippen LogP contribution < -0.4 is 5.32 Å². The van der Waals surface area contributed by atoms with E-state index < -0.39 is 16.8 Å². The van der Waals surface area contributed by atoms with E-state index in [2.05, 4.69) is 10.3 Å². The lowest BCUT2D eigenvalue weighted by atomic mass is 10.2. The fourth-order valence-electron chi connectivity index (χ4n) is 1.36. The van der Waals surface area contributed by atoms with Crippen LogP contribution in [0.3, 0.4) is 0 Å². The normalized spacial score (nSPS) is 14.1. The van der Waals surface area contributed by atoms with Crippen molar-refractivity contribution in [2.75, 3.05) is 17.3 Å². The Hall–Kier alpha value is -1.43. The van der Waals surface area contributed by atoms with E-state index in [-0.39, 0.29) is 11.6 Å². The van der Waals surface area contributed by atoms with Gasteiger partial charge in [-0.25, -0.2) is 4.79 Å². The van der Waals surface area contributed by atoms with Gasteiger partial charge in [-0.1, -0.05) is 0 Å². The molecule has 0 aliphatic heterocycles. The standard InChI is InChI=1S/C10H14N2O3S/c1-7(6-16(2)15)12-9-5-11-4-3-8(9)10(13)14/h3-5,7,12H,6H2,1-2H3,(H,13,14). The molecule has 6 heteroatoms. The van der Waals surface area contributed by atoms with Crippen molar-refractivity contribution in [2.24, 2.45) is 0 Å². The number of nitrogens with one attached hydrogen (secondary N) is 1. The quantitative estimate of drug-likeness (QED) is 0.804. The molecule has 0 spiro atoms. The largest absolute Gasteiger partial charge is 0.478 e. The van der Waals surface area contributed by atoms with E-state index >= 15 is 0 Å². The van der Waals surface area contributed by atoms with Gasteiger partial charge in [0, 0.05) is 35.0 Å². The van der Waals surface area contributed by atoms with Gasteiger partial charge in [0.2, 0.25) is 0 Å². The summed E-state index contributed by atoms with van der Waals surface area (Å²) in [5.74, 6) is -0.539. The van der Waals surface area contributed by atoms with Crippen molar-refractivity contribution in [2.45, 2.75) is 13.0 Å². The Labute approximate surface area is 96.4 Å². The number of rotatable bonds is 5. The molecule has 2 N–H and O–H groups in total. The van der Waals surface area contributed by atoms with Gasteiger partial charge in [-0.3, -0.25) is 9.19 Å². The molecule has 16 heavy (non-hydrogen) atoms. The molecule has 0 saturated carbocycles. The maximum atomic E-state index is 11.0. The molecule has 0 bridgehead atoms. The van der Waals surface area contributed by atoms with Gasteiger partial charge in [0.1, 0.15) is 0 Å². The SMILES string of the molecule is CC(CS(C)=O)Nc1cnccc1C(=O)O. The van der Waals surface area contributed by atoms with E-state index in [0.717, 1.165) is 0 Å². The fourth-order valence-corrected chi connectivity index (χ4v) is 2.14. The van der Waals surface area contributed by atoms with E-state index in [9.17, 15) is 9.00 Å². The number of carboxylic acid groups (broad SMARTS) is 1. The van der Waals surface area contributed by atoms with E-state index in [1.165, 1.54) is 18.5 Å². The number of hydrogen-bond donors (Lipinski definition) is 2. The molecule has 1 heterocycles. The third-order valence-corrected chi connectivity index (χ3v) is 2.91. The zero-order valence-corrected chi connectivity index (χ0v) is 9.95. The van der Waals surface area contributed by atoms with Crippen LogP contribution >= 0.6 is 0 Å². The highest BCUT2D eigenvalue weighted by Gasteiger charge is 2.12. The molecule has 1 aromatic heterocycles. The Bertz CT molecular complexity index is 409. The molecule has 5 nitrogen and oxygen atoms in total. The Balaban J connectivity index is 2.80. The van der Waals surface area contributed by atoms with Crippen LogP contribution in [-0.4, -0.2) is 38.3 Å². The summed E-state index contributed by atoms with van der Waals surface area (Å²) in [4.78, 5) is 14.8. The van der Waals surface area contributed by atoms with E-state index in [1.807, 2.05) is 6.92 Å². The van der Waals surface area contributed by atoms with Crippen molar-refractivity contribution >= 4 is 22.5 Å². The Kier molecular flexibility index (Phi) is 4.42. The first-order chi connectivity index (χ1) is 7.50. The zero-order chi connectivity index (χ0) is 12.1. The summed E-state index contributed by atoms with van der Waals surface area (Å²) in [5, 5.41) is 11.9. The average Bonchev–Trinajstić information content (AvgIpc) is 2.16. The summed E-state index contributed by atoms with van der Waals surface area (Å²) >= 11 is 0. The van der Waals surface area contributed by atoms with Gasteiger partial charge in [-0.05, 0) is 13.0 Å². The van der Waals surface area contributed by atoms with E-state index in [1.54, 1.807) is 6.26 Å². The Morgan fingerprint density at radius 2 is 2.38 bits per heavy atom. The van der Waals surface area contributed by atoms with Gasteiger partial charge >= 0.3 is 5.97 Å². The number of anilines is 1. The predicted octanol–water partition coefficient (Wildman–Crippen LogP) is 0.959. The highest BCUT2D eigenvalue weighted by Crippen LogP contribution is 2.14. The minimum absolute atomic E-state index is 0.0619. The topological polar surface area (TPSA) is 79.3 Å². The second-order valence-electron chi connectivity index (χ2n) is 3.51. The third kappa shape index (κ3) is 3.62. The van der Waals surface area contributed by atoms with Gasteiger partial charge in [0.05, 0.1) is 17.4 Å². The van der Waals surface area contributed by atoms with Crippen LogP contribution in [0.4, 0.5) is 5.69 Å². The van der Waals surface area contributed by atoms with Crippen LogP contribution in [-0.2, 0) is 10.8 Å². The molecule has 1 rings (SSSR count). The number of hydrogen-bond acceptors (Lipinski definition) is 4. The van der Waals surface area contributed by atoms with Gasteiger partial charge in [0.25, 0.3) is 0 Å². The number of nitrogens with zero attached hydrogens (tertiary/aromatic N) is 1. The second-order valence-corrected chi connectivity index (χ2v) is 4.99. The lowest BCUT2D eigenvalue weighted by Crippen LogP contribution is -2.23. The number of pyridine rings is 1. The molecule has 1 aromatic rings. The zero-order valence-electron chi connectivity index (χ0n) is 9.14. The Morgan fingerprint density at radius 3 is 2.94 bits per heavy atom. The molecule has 0 aliphatic rings. The number of carboxylic acids is 1. The molecule has 88 valence electrons. The van der Waals surface area contributed by atoms with Crippen LogP contribution in [0.15, 0.2) is 18.5 Å². The molecule has 2 atom stereocenters. The van der Waals surface area contributed by atoms with Crippen molar-refractivity contribution in [3.63, 3.8) is 0 Å². The van der Waals surface area contributed by atoms with Crippen LogP contribution in [0.2, 0.25) is 0 Å². The molecule has 0 fully saturated rings. The van der Waals surface area contributed by atoms with Gasteiger partial charge < -0.3 is 10.4 Å². The minimum atomic E-state index is -1.00. The maximum absolute atomic E-state index is 11.0. The highest BCUT2D eigenvalue weighted by molar-refractivity contribution is 7.84. The Morgan fingerprint density at radius 1 is 1.69 bits per heavy atom. The number of aromatic nitrogens is 1. The van der Waals surface area contributed by atoms with Crippen molar-refractivity contribution < 1.29 is 14.1 Å². The first-order valence-electron chi connectivity index (χ1n) is 4.74. The van der Waals surface area contributed by atoms with Crippen molar-refractivity contribution in [3.05, 3.63) is 24.0 Å². The fraction of sp³-hybridized carbons (Fsp3) is 0.400. The molecule has 0 aromatic carbocycles. The first kappa shape index (κ1) is 12.6. The molecule has 0 saturated heterocycles. The number of carbonyl (C=O) groups is 1. The summed E-state index contributed by atoms with van der Waals surface area (Å²) in [6.45, 7) is 1.85. The predicted molar refractivity (Wildman–Crippen MR) is 63.2 cm³/mol. The third-order valence-electron chi connectivity index (χ3n) is 1.94. The summed E-state index contributed by atoms with van der Waals surface area (Å²) in [6.07, 6.45) is 4.50. The van der Waals surface area contributed by atoms with Crippen molar-refractivity contribution in [3.8, 4) is 0 Å². The van der Waals surface area contributed by atoms with Crippen LogP contribution in [0, 0.1) is 0 Å². The average molecular weight is 242 g/mol. The molecule has 0 aliphatic carbocycles. The second kappa shape index (κ2) is 5.60. The minimum Gasteiger partial charge on any atom is -0.478 e. The van der Waals surface area contributed by atoms with Crippen LogP contribution in [0.5, 0.6) is 0 Å². The van der Waals surface area contributed by atoms with Gasteiger partial charge in [0.15, 0.2) is 0 Å². The molecule has 0 amide bonds. The molecule has 2 unspecified atom stereocenters. The van der Waals surface area contributed by atoms with Crippen molar-refractivity contribution in [1.29, 1.82) is 0 Å². The molecular formula is C10H14N2O3S. The summed E-state index contributed by atoms with van der Waals surface area (Å²) < 4.78 is 11.0. The first-order valence-corrected chi connectivity index (χ1v) is 6.47. The highest BCUT2D eigenvalue weighted by atomic mass is 32.2. The maximum Gasteiger partial charge on any atom is 0.337 e. The molecule has 0 radical (unpaired) electrons. The summed E-state index contributed by atoms with van der Waals surface area (Å²) in [7, 11) is -0.917. The smallest absolute Gasteiger partial charge is 0.337 e. The van der Waals surface area contributed by atoms with Crippen LogP contribution in [0.1, 0.15) is 17.3 Å². The lowest BCUT2D eigenvalue weighted by molar-refractivity contribution is 0.0698. The van der Waals surface area contributed by atoms with Gasteiger partial charge in [-0.2, -0.15) is 0 Å². The number of aromatic carboxylic acids is 1. The van der Waals surface area contributed by atoms with Gasteiger partial charge in [-0.15, -0.1) is 0 Å². The monoisotopic (exact) mass is 242 g/mol. The van der Waals surface area contributed by atoms with Crippen molar-refractivity contribution in [1.82, 2.24) is 4.98 Å². The molecular weight excluding hydrogens is 228 g/mol. The van der Waals surface area contributed by atoms with E-state index in [4.69, 9.17) is 5.11 Å². The van der Waals surface area contributed by atoms with Crippen LogP contribution in [0.25, 0.3) is 0 Å². The summed E-state index contributed by atoms with van der Waals surface area (Å²) in [6, 6.07) is 1.37. The lowest BCUT2D eigenvalue weighted by Gasteiger charge is -2.14.